The number of fused-ring (bicyclic) bond motifs is 6. The number of furan rings is 3. The molecule has 16 aromatic rings. The summed E-state index contributed by atoms with van der Waals surface area (Å²) in [4.78, 5) is 68.4. The molecular formula is C73H72Cl5N25O5. The van der Waals surface area contributed by atoms with E-state index >= 15 is 0 Å². The minimum atomic E-state index is 0.129. The SMILES string of the molecule is CNCc1cc2c(NCc3ccco3)nc(Cl)nc2[nH]1.COc1nc2nc(Cl)nc(NCc3ccncc3)c2[nH]1.Clc1nc(CCc2ccco2)c2ccn(C3CCNCC3)c2n1.Clc1nc(NCc2ccco2)c2ccn(C3CCOCC3)c2n1.Clc1nc(NCc2ccnc3ccccc23)c2[nH]cnc2n1. The lowest BCUT2D eigenvalue weighted by Crippen LogP contribution is -2.29. The molecule has 2 saturated heterocycles. The van der Waals surface area contributed by atoms with Gasteiger partial charge in [0, 0.05) is 98.8 Å². The predicted molar refractivity (Wildman–Crippen MR) is 416 cm³/mol. The molecule has 0 bridgehead atoms. The average molecular weight is 1560 g/mol. The van der Waals surface area contributed by atoms with Crippen LogP contribution in [0, 0.1) is 0 Å². The van der Waals surface area contributed by atoms with E-state index in [0.717, 1.165) is 167 Å². The number of aromatic amines is 3. The molecule has 0 amide bonds. The van der Waals surface area contributed by atoms with Crippen LogP contribution in [0.2, 0.25) is 26.4 Å². The third-order valence-corrected chi connectivity index (χ3v) is 18.5. The predicted octanol–water partition coefficient (Wildman–Crippen LogP) is 14.8. The van der Waals surface area contributed by atoms with Crippen LogP contribution >= 0.6 is 58.0 Å². The number of benzene rings is 1. The first-order valence-electron chi connectivity index (χ1n) is 34.6. The summed E-state index contributed by atoms with van der Waals surface area (Å²) in [6.07, 6.45) is 21.8. The van der Waals surface area contributed by atoms with Crippen molar-refractivity contribution in [3.63, 3.8) is 0 Å². The van der Waals surface area contributed by atoms with E-state index in [-0.39, 0.29) is 21.1 Å². The second kappa shape index (κ2) is 35.5. The van der Waals surface area contributed by atoms with Crippen molar-refractivity contribution in [3.05, 3.63) is 219 Å². The molecule has 17 heterocycles. The smallest absolute Gasteiger partial charge is 0.295 e. The van der Waals surface area contributed by atoms with E-state index < -0.39 is 0 Å². The highest BCUT2D eigenvalue weighted by atomic mass is 35.5. The van der Waals surface area contributed by atoms with E-state index in [2.05, 4.69) is 150 Å². The topological polar surface area (TPSA) is 368 Å². The molecule has 35 heteroatoms. The molecule has 9 N–H and O–H groups in total. The first kappa shape index (κ1) is 73.8. The molecule has 2 aliphatic rings. The number of nitrogens with zero attached hydrogens (tertiary/aromatic N) is 16. The van der Waals surface area contributed by atoms with E-state index in [9.17, 15) is 0 Å². The van der Waals surface area contributed by atoms with Gasteiger partial charge in [-0.15, -0.1) is 0 Å². The molecule has 0 radical (unpaired) electrons. The van der Waals surface area contributed by atoms with Gasteiger partial charge in [-0.05, 0) is 200 Å². The second-order valence-corrected chi connectivity index (χ2v) is 26.4. The number of aryl methyl sites for hydroxylation is 2. The highest BCUT2D eigenvalue weighted by Crippen LogP contribution is 2.33. The Kier molecular flexibility index (Phi) is 24.3. The van der Waals surface area contributed by atoms with Crippen molar-refractivity contribution in [2.24, 2.45) is 0 Å². The van der Waals surface area contributed by atoms with Crippen molar-refractivity contribution in [2.75, 3.05) is 61.7 Å². The Bertz CT molecular complexity index is 5430. The third-order valence-electron chi connectivity index (χ3n) is 17.7. The Morgan fingerprint density at radius 2 is 1.11 bits per heavy atom. The van der Waals surface area contributed by atoms with Crippen LogP contribution in [0.4, 0.5) is 23.3 Å². The molecule has 2 fully saturated rings. The summed E-state index contributed by atoms with van der Waals surface area (Å²) in [6.45, 7) is 6.69. The fourth-order valence-corrected chi connectivity index (χ4v) is 13.4. The highest BCUT2D eigenvalue weighted by molar-refractivity contribution is 6.30. The number of pyridine rings is 2. The standard InChI is InChI=1S/C17H19ClN4O.C16H17ClN4O2.C15H11ClN6.C13H14ClN5O.C12H11ClN6O/c18-17-20-15(4-3-13-2-1-11-23-13)14-7-10-22(16(14)21-17)12-5-8-19-9-6-12;17-16-19-14(18-10-12-2-1-7-23-12)13-3-6-21(15(13)20-16)11-4-8-22-9-5-11;16-15-21-13(12-14(22-15)20-8-19-12)18-7-9-5-6-17-11-4-2-1-3-10(9)11;1-15-6-8-5-10-11(16-7-9-3-2-4-20-9)18-13(14)19-12(10)17-8;1-20-12-16-8-9(17-11(13)18-10(8)19-12)15-6-7-2-4-14-5-3-7/h1-2,7,10-12,19H,3-6,8-9H2;1-3,6-7,11H,4-5,8-10H2,(H,18,19,20);1-6,8H,7H2,(H2,18,19,20,21,22);2-5,15H,6-7H2,1H3,(H2,16,17,18,19);2-5H,6H2,1H3,(H2,15,16,17,18,19). The summed E-state index contributed by atoms with van der Waals surface area (Å²) >= 11 is 30.1. The number of ether oxygens (including phenoxy) is 2. The van der Waals surface area contributed by atoms with Crippen LogP contribution in [-0.2, 0) is 50.3 Å². The molecule has 0 unspecified atom stereocenters. The Morgan fingerprint density at radius 1 is 0.509 bits per heavy atom. The van der Waals surface area contributed by atoms with Gasteiger partial charge in [0.25, 0.3) is 6.01 Å². The van der Waals surface area contributed by atoms with Crippen molar-refractivity contribution >= 4 is 148 Å². The summed E-state index contributed by atoms with van der Waals surface area (Å²) in [5.41, 5.74) is 10.1. The van der Waals surface area contributed by atoms with Gasteiger partial charge in [0.2, 0.25) is 26.4 Å². The van der Waals surface area contributed by atoms with Gasteiger partial charge in [0.1, 0.15) is 56.9 Å². The van der Waals surface area contributed by atoms with Gasteiger partial charge in [-0.2, -0.15) is 39.9 Å². The number of hydrogen-bond donors (Lipinski definition) is 9. The van der Waals surface area contributed by atoms with Crippen molar-refractivity contribution in [3.8, 4) is 6.01 Å². The first-order valence-corrected chi connectivity index (χ1v) is 36.5. The van der Waals surface area contributed by atoms with Gasteiger partial charge in [-0.1, -0.05) is 18.2 Å². The number of nitrogens with one attached hydrogen (secondary N) is 9. The lowest BCUT2D eigenvalue weighted by atomic mass is 10.1. The number of piperidine rings is 1. The molecular weight excluding hydrogens is 1480 g/mol. The molecule has 15 aromatic heterocycles. The van der Waals surface area contributed by atoms with Crippen molar-refractivity contribution < 1.29 is 22.7 Å². The maximum absolute atomic E-state index is 6.18. The van der Waals surface area contributed by atoms with E-state index in [1.54, 1.807) is 43.7 Å². The number of H-pyrrole nitrogens is 3. The normalized spacial score (nSPS) is 13.2. The van der Waals surface area contributed by atoms with Gasteiger partial charge < -0.3 is 78.7 Å². The molecule has 0 saturated carbocycles. The summed E-state index contributed by atoms with van der Waals surface area (Å²) in [7, 11) is 3.41. The van der Waals surface area contributed by atoms with Gasteiger partial charge in [-0.25, -0.2) is 19.9 Å². The largest absolute Gasteiger partial charge is 0.469 e. The zero-order valence-corrected chi connectivity index (χ0v) is 62.1. The number of para-hydroxylation sites is 1. The summed E-state index contributed by atoms with van der Waals surface area (Å²) in [5, 5.41) is 24.6. The first-order chi connectivity index (χ1) is 52.9. The molecule has 0 aliphatic carbocycles. The minimum Gasteiger partial charge on any atom is -0.469 e. The minimum absolute atomic E-state index is 0.129. The maximum Gasteiger partial charge on any atom is 0.295 e. The summed E-state index contributed by atoms with van der Waals surface area (Å²) in [6, 6.07) is 32.7. The lowest BCUT2D eigenvalue weighted by Gasteiger charge is -2.24. The van der Waals surface area contributed by atoms with Crippen molar-refractivity contribution in [2.45, 2.75) is 83.3 Å². The third kappa shape index (κ3) is 18.5. The zero-order valence-electron chi connectivity index (χ0n) is 58.3. The molecule has 554 valence electrons. The van der Waals surface area contributed by atoms with Crippen LogP contribution in [0.1, 0.15) is 77.6 Å². The van der Waals surface area contributed by atoms with Gasteiger partial charge in [0.05, 0.1) is 67.3 Å². The van der Waals surface area contributed by atoms with E-state index in [0.29, 0.717) is 83.8 Å². The summed E-state index contributed by atoms with van der Waals surface area (Å²) in [5.74, 6) is 5.26. The Labute approximate surface area is 641 Å². The van der Waals surface area contributed by atoms with Crippen LogP contribution < -0.4 is 36.6 Å². The van der Waals surface area contributed by atoms with Crippen molar-refractivity contribution in [1.82, 2.24) is 104 Å². The number of anilines is 4. The molecule has 108 heavy (non-hydrogen) atoms. The average Bonchev–Trinajstić information content (AvgIpc) is 1.63. The van der Waals surface area contributed by atoms with Gasteiger partial charge in [-0.3, -0.25) is 9.97 Å². The molecule has 18 rings (SSSR count). The Morgan fingerprint density at radius 3 is 1.81 bits per heavy atom. The second-order valence-electron chi connectivity index (χ2n) is 24.7. The number of methoxy groups -OCH3 is 1. The zero-order chi connectivity index (χ0) is 74.1. The van der Waals surface area contributed by atoms with E-state index in [4.69, 9.17) is 80.7 Å². The Hall–Kier alpha value is -11.1. The number of imidazole rings is 2. The van der Waals surface area contributed by atoms with Gasteiger partial charge in [0.15, 0.2) is 22.9 Å². The fourth-order valence-electron chi connectivity index (χ4n) is 12.5. The van der Waals surface area contributed by atoms with Gasteiger partial charge >= 0.3 is 0 Å². The molecule has 0 spiro atoms. The number of rotatable bonds is 20. The van der Waals surface area contributed by atoms with Crippen molar-refractivity contribution in [1.29, 1.82) is 0 Å². The number of hydrogen-bond acceptors (Lipinski definition) is 25. The van der Waals surface area contributed by atoms with E-state index in [1.807, 2.05) is 92.0 Å². The monoisotopic (exact) mass is 1550 g/mol. The maximum atomic E-state index is 6.18. The lowest BCUT2D eigenvalue weighted by molar-refractivity contribution is 0.0706. The fraction of sp³-hybridized carbons (Fsp3) is 0.260. The molecule has 0 atom stereocenters. The molecule has 30 nitrogen and oxygen atoms in total. The number of halogens is 5. The van der Waals surface area contributed by atoms with Crippen LogP contribution in [0.5, 0.6) is 6.01 Å². The summed E-state index contributed by atoms with van der Waals surface area (Å²) < 4.78 is 31.0. The van der Waals surface area contributed by atoms with Crippen LogP contribution in [0.25, 0.3) is 66.3 Å². The highest BCUT2D eigenvalue weighted by Gasteiger charge is 2.23. The van der Waals surface area contributed by atoms with Crippen LogP contribution in [-0.4, -0.2) is 134 Å². The molecule has 1 aromatic carbocycles. The quantitative estimate of drug-likeness (QED) is 0.0320. The van der Waals surface area contributed by atoms with Crippen LogP contribution in [0.15, 0.2) is 166 Å². The number of aromatic nitrogens is 19. The molecule has 2 aliphatic heterocycles. The Balaban J connectivity index is 0.000000113. The van der Waals surface area contributed by atoms with E-state index in [1.165, 1.54) is 7.11 Å². The van der Waals surface area contributed by atoms with Crippen LogP contribution in [0.3, 0.4) is 0 Å².